The largest absolute Gasteiger partial charge is 0.495 e. The molecule has 2 aromatic heterocycles. The molecule has 1 fully saturated rings. The van der Waals surface area contributed by atoms with Gasteiger partial charge in [-0.3, -0.25) is 14.3 Å². The number of amides is 1. The predicted molar refractivity (Wildman–Crippen MR) is 154 cm³/mol. The van der Waals surface area contributed by atoms with Gasteiger partial charge < -0.3 is 14.4 Å². The molecule has 0 spiro atoms. The summed E-state index contributed by atoms with van der Waals surface area (Å²) in [6.45, 7) is 10.9. The van der Waals surface area contributed by atoms with Crippen LogP contribution in [0.4, 0.5) is 4.79 Å². The first kappa shape index (κ1) is 27.0. The number of fused-ring (bicyclic) bond motifs is 2. The van der Waals surface area contributed by atoms with Gasteiger partial charge in [0.25, 0.3) is 0 Å². The average Bonchev–Trinajstić information content (AvgIpc) is 3.52. The number of nitrogens with zero attached hydrogens (tertiary/aromatic N) is 5. The molecule has 2 aliphatic rings. The lowest BCUT2D eigenvalue weighted by molar-refractivity contribution is 0.00578. The molecule has 0 radical (unpaired) electrons. The molecule has 2 aromatic carbocycles. The Kier molecular flexibility index (Phi) is 6.80. The summed E-state index contributed by atoms with van der Waals surface area (Å²) in [5.74, 6) is 0.350. The summed E-state index contributed by atoms with van der Waals surface area (Å²) in [6.07, 6.45) is 5.68. The van der Waals surface area contributed by atoms with Crippen LogP contribution in [0.3, 0.4) is 0 Å². The zero-order valence-electron chi connectivity index (χ0n) is 23.7. The van der Waals surface area contributed by atoms with Crippen molar-refractivity contribution >= 4 is 46.2 Å². The molecule has 2 aliphatic heterocycles. The number of carbonyl (C=O) groups is 1. The first-order chi connectivity index (χ1) is 18.4. The van der Waals surface area contributed by atoms with Crippen LogP contribution in [0.2, 0.25) is 0 Å². The first-order valence-corrected chi connectivity index (χ1v) is 13.3. The van der Waals surface area contributed by atoms with Crippen LogP contribution >= 0.6 is 0 Å². The van der Waals surface area contributed by atoms with Crippen LogP contribution in [-0.4, -0.2) is 60.5 Å². The van der Waals surface area contributed by atoms with Gasteiger partial charge in [0.05, 0.1) is 40.3 Å². The lowest BCUT2D eigenvalue weighted by Gasteiger charge is -2.32. The maximum atomic E-state index is 11.5. The van der Waals surface area contributed by atoms with Crippen molar-refractivity contribution < 1.29 is 19.2 Å². The normalized spacial score (nSPS) is 20.2. The van der Waals surface area contributed by atoms with Gasteiger partial charge in [0.15, 0.2) is 0 Å². The number of benzene rings is 2. The smallest absolute Gasteiger partial charge is 0.465 e. The summed E-state index contributed by atoms with van der Waals surface area (Å²) in [5, 5.41) is 20.1. The highest BCUT2D eigenvalue weighted by Crippen LogP contribution is 2.37. The molecule has 1 amide bonds. The van der Waals surface area contributed by atoms with E-state index in [-0.39, 0.29) is 18.3 Å². The van der Waals surface area contributed by atoms with E-state index in [1.54, 1.807) is 10.9 Å². The molecule has 1 saturated heterocycles. The summed E-state index contributed by atoms with van der Waals surface area (Å²) in [6, 6.07) is 12.0. The van der Waals surface area contributed by atoms with Crippen molar-refractivity contribution in [2.45, 2.75) is 52.2 Å². The van der Waals surface area contributed by atoms with E-state index in [4.69, 9.17) is 9.31 Å². The molecular weight excluding hydrogens is 493 g/mol. The van der Waals surface area contributed by atoms with E-state index in [9.17, 15) is 9.90 Å². The van der Waals surface area contributed by atoms with Crippen molar-refractivity contribution in [2.24, 2.45) is 20.0 Å². The number of aryl methyl sites for hydroxylation is 2. The molecule has 1 N–H and O–H groups in total. The van der Waals surface area contributed by atoms with Crippen LogP contribution in [0.1, 0.15) is 46.6 Å². The molecule has 10 heteroatoms. The highest BCUT2D eigenvalue weighted by atomic mass is 16.7. The average molecular weight is 529 g/mol. The van der Waals surface area contributed by atoms with Gasteiger partial charge in [0.1, 0.15) is 0 Å². The van der Waals surface area contributed by atoms with E-state index < -0.39 is 6.09 Å². The second-order valence-corrected chi connectivity index (χ2v) is 11.5. The van der Waals surface area contributed by atoms with Gasteiger partial charge in [-0.1, -0.05) is 37.3 Å². The maximum absolute atomic E-state index is 11.5. The Morgan fingerprint density at radius 1 is 0.949 bits per heavy atom. The number of carboxylic acid groups (broad SMARTS) is 1. The minimum atomic E-state index is -0.899. The Balaban J connectivity index is 0.000000158. The predicted octanol–water partition coefficient (Wildman–Crippen LogP) is 4.81. The number of hydrogen-bond donors (Lipinski definition) is 1. The zero-order valence-corrected chi connectivity index (χ0v) is 23.7. The van der Waals surface area contributed by atoms with Crippen LogP contribution in [0, 0.1) is 5.92 Å². The molecular formula is C29H36BN5O4. The standard InChI is InChI=1S/C15H17N3O2.C14H19BN2O2/c1-10-6-7-14(18(9-10)15(19)20)11-4-3-5-13-12(11)8-16-17(13)2;1-13(2)14(3,4)19-15(18-13)11-7-6-8-12-10(11)9-16-17(12)5/h3-5,7-8,10H,6,9H2,1-2H3,(H,19,20);6-9H,1-5H3. The Morgan fingerprint density at radius 2 is 1.51 bits per heavy atom. The van der Waals surface area contributed by atoms with Crippen molar-refractivity contribution in [1.29, 1.82) is 0 Å². The van der Waals surface area contributed by atoms with Crippen LogP contribution in [0.25, 0.3) is 27.5 Å². The number of aromatic nitrogens is 4. The minimum absolute atomic E-state index is 0.317. The third kappa shape index (κ3) is 4.83. The van der Waals surface area contributed by atoms with Gasteiger partial charge in [-0.05, 0) is 57.6 Å². The van der Waals surface area contributed by atoms with Crippen LogP contribution in [0.15, 0.2) is 54.9 Å². The molecule has 204 valence electrons. The molecule has 0 saturated carbocycles. The number of allylic oxidation sites excluding steroid dienone is 1. The fraction of sp³-hybridized carbons (Fsp3) is 0.414. The minimum Gasteiger partial charge on any atom is -0.465 e. The third-order valence-electron chi connectivity index (χ3n) is 8.13. The van der Waals surface area contributed by atoms with Gasteiger partial charge in [-0.15, -0.1) is 0 Å². The Labute approximate surface area is 229 Å². The molecule has 1 atom stereocenters. The lowest BCUT2D eigenvalue weighted by atomic mass is 9.77. The zero-order chi connectivity index (χ0) is 28.1. The molecule has 9 nitrogen and oxygen atoms in total. The highest BCUT2D eigenvalue weighted by Gasteiger charge is 2.52. The van der Waals surface area contributed by atoms with Gasteiger partial charge >= 0.3 is 13.2 Å². The molecule has 0 bridgehead atoms. The molecule has 6 rings (SSSR count). The van der Waals surface area contributed by atoms with Gasteiger partial charge in [-0.2, -0.15) is 10.2 Å². The molecule has 4 heterocycles. The topological polar surface area (TPSA) is 94.6 Å². The second kappa shape index (κ2) is 9.84. The number of hydrogen-bond acceptors (Lipinski definition) is 5. The summed E-state index contributed by atoms with van der Waals surface area (Å²) >= 11 is 0. The van der Waals surface area contributed by atoms with Crippen molar-refractivity contribution in [3.05, 3.63) is 60.4 Å². The van der Waals surface area contributed by atoms with Crippen molar-refractivity contribution in [2.75, 3.05) is 6.54 Å². The summed E-state index contributed by atoms with van der Waals surface area (Å²) in [7, 11) is 3.49. The maximum Gasteiger partial charge on any atom is 0.495 e. The number of rotatable bonds is 2. The van der Waals surface area contributed by atoms with E-state index in [2.05, 4.69) is 50.9 Å². The van der Waals surface area contributed by atoms with E-state index >= 15 is 0 Å². The van der Waals surface area contributed by atoms with E-state index in [0.29, 0.717) is 12.5 Å². The van der Waals surface area contributed by atoms with Crippen molar-refractivity contribution in [3.63, 3.8) is 0 Å². The monoisotopic (exact) mass is 529 g/mol. The fourth-order valence-electron chi connectivity index (χ4n) is 5.12. The van der Waals surface area contributed by atoms with Crippen LogP contribution in [-0.2, 0) is 23.4 Å². The molecule has 0 aliphatic carbocycles. The Bertz CT molecular complexity index is 1550. The summed E-state index contributed by atoms with van der Waals surface area (Å²) in [5.41, 5.74) is 4.22. The van der Waals surface area contributed by atoms with E-state index in [0.717, 1.165) is 44.9 Å². The van der Waals surface area contributed by atoms with Gasteiger partial charge in [0.2, 0.25) is 0 Å². The van der Waals surface area contributed by atoms with Gasteiger partial charge in [0, 0.05) is 37.0 Å². The molecule has 39 heavy (non-hydrogen) atoms. The van der Waals surface area contributed by atoms with Crippen LogP contribution in [0.5, 0.6) is 0 Å². The Hall–Kier alpha value is -3.63. The van der Waals surface area contributed by atoms with Crippen molar-refractivity contribution in [1.82, 2.24) is 24.5 Å². The first-order valence-electron chi connectivity index (χ1n) is 13.3. The molecule has 4 aromatic rings. The quantitative estimate of drug-likeness (QED) is 0.375. The van der Waals surface area contributed by atoms with Crippen molar-refractivity contribution in [3.8, 4) is 0 Å². The fourth-order valence-corrected chi connectivity index (χ4v) is 5.12. The lowest BCUT2D eigenvalue weighted by Crippen LogP contribution is -2.41. The highest BCUT2D eigenvalue weighted by molar-refractivity contribution is 6.65. The molecule has 1 unspecified atom stereocenters. The SMILES string of the molecule is CC1CC=C(c2cccc3c2cnn3C)N(C(=O)O)C1.Cn1ncc2c(B3OC(C)(C)C(C)(C)O3)cccc21. The summed E-state index contributed by atoms with van der Waals surface area (Å²) < 4.78 is 15.9. The van der Waals surface area contributed by atoms with E-state index in [1.165, 1.54) is 4.90 Å². The van der Waals surface area contributed by atoms with E-state index in [1.807, 2.05) is 61.4 Å². The third-order valence-corrected chi connectivity index (χ3v) is 8.13. The summed E-state index contributed by atoms with van der Waals surface area (Å²) in [4.78, 5) is 12.9. The van der Waals surface area contributed by atoms with Gasteiger partial charge in [-0.25, -0.2) is 4.79 Å². The Morgan fingerprint density at radius 3 is 2.13 bits per heavy atom. The second-order valence-electron chi connectivity index (χ2n) is 11.5. The van der Waals surface area contributed by atoms with Crippen LogP contribution < -0.4 is 5.46 Å².